The fraction of sp³-hybridized carbons (Fsp3) is 0.290. The summed E-state index contributed by atoms with van der Waals surface area (Å²) in [7, 11) is 1.70. The zero-order valence-corrected chi connectivity index (χ0v) is 21.5. The van der Waals surface area contributed by atoms with E-state index < -0.39 is 0 Å². The van der Waals surface area contributed by atoms with Crippen molar-refractivity contribution in [2.45, 2.75) is 38.8 Å². The van der Waals surface area contributed by atoms with Crippen LogP contribution in [0.25, 0.3) is 33.1 Å². The molecule has 2 aliphatic rings. The van der Waals surface area contributed by atoms with E-state index in [0.29, 0.717) is 6.61 Å². The molecular weight excluding hydrogens is 478 g/mol. The van der Waals surface area contributed by atoms with Crippen LogP contribution in [0.2, 0.25) is 0 Å². The molecule has 0 spiro atoms. The SMILES string of the molecule is COc1ccc2cc3[n+](cc2c1OCCCCCn1ccc2cccnc21)CCc1cc2c(cc1-3)OCO2. The van der Waals surface area contributed by atoms with Gasteiger partial charge in [0, 0.05) is 36.8 Å². The van der Waals surface area contributed by atoms with E-state index >= 15 is 0 Å². The maximum absolute atomic E-state index is 6.38. The quantitative estimate of drug-likeness (QED) is 0.199. The summed E-state index contributed by atoms with van der Waals surface area (Å²) in [5, 5.41) is 3.39. The molecule has 0 unspecified atom stereocenters. The van der Waals surface area contributed by atoms with Crippen molar-refractivity contribution in [3.63, 3.8) is 0 Å². The van der Waals surface area contributed by atoms with E-state index in [9.17, 15) is 0 Å². The van der Waals surface area contributed by atoms with Crippen molar-refractivity contribution in [3.05, 3.63) is 72.7 Å². The summed E-state index contributed by atoms with van der Waals surface area (Å²) in [6, 6.07) is 16.8. The lowest BCUT2D eigenvalue weighted by Crippen LogP contribution is -2.40. The van der Waals surface area contributed by atoms with Crippen LogP contribution in [0.3, 0.4) is 0 Å². The molecule has 7 nitrogen and oxygen atoms in total. The van der Waals surface area contributed by atoms with Gasteiger partial charge >= 0.3 is 0 Å². The second kappa shape index (κ2) is 9.56. The van der Waals surface area contributed by atoms with Crippen LogP contribution in [0.15, 0.2) is 67.1 Å². The number of aryl methyl sites for hydroxylation is 3. The third-order valence-electron chi connectivity index (χ3n) is 7.61. The molecule has 0 atom stereocenters. The third kappa shape index (κ3) is 3.99. The Bertz CT molecular complexity index is 1660. The first-order valence-electron chi connectivity index (χ1n) is 13.3. The smallest absolute Gasteiger partial charge is 0.231 e. The molecule has 0 aliphatic carbocycles. The van der Waals surface area contributed by atoms with Gasteiger partial charge in [-0.15, -0.1) is 0 Å². The molecule has 38 heavy (non-hydrogen) atoms. The van der Waals surface area contributed by atoms with Crippen molar-refractivity contribution in [2.24, 2.45) is 0 Å². The number of hydrogen-bond donors (Lipinski definition) is 0. The van der Waals surface area contributed by atoms with E-state index in [2.05, 4.69) is 62.9 Å². The molecule has 2 aromatic carbocycles. The summed E-state index contributed by atoms with van der Waals surface area (Å²) >= 11 is 0. The van der Waals surface area contributed by atoms with Gasteiger partial charge in [-0.3, -0.25) is 0 Å². The summed E-state index contributed by atoms with van der Waals surface area (Å²) in [5.74, 6) is 3.24. The van der Waals surface area contributed by atoms with Gasteiger partial charge in [0.1, 0.15) is 5.65 Å². The highest BCUT2D eigenvalue weighted by atomic mass is 16.7. The standard InChI is InChI=1S/C31H30N3O4/c1-35-27-8-7-22-16-26-24-18-29-28(37-20-38-29)17-23(24)10-14-34(26)19-25(22)30(27)36-15-4-2-3-12-33-13-9-21-6-5-11-32-31(21)33/h5-9,11,13,16-19H,2-4,10,12,14-15,20H2,1H3/q+1. The van der Waals surface area contributed by atoms with Crippen LogP contribution in [0.1, 0.15) is 24.8 Å². The summed E-state index contributed by atoms with van der Waals surface area (Å²) < 4.78 is 27.9. The lowest BCUT2D eigenvalue weighted by Gasteiger charge is -2.18. The highest BCUT2D eigenvalue weighted by Crippen LogP contribution is 2.41. The first-order valence-corrected chi connectivity index (χ1v) is 13.3. The van der Waals surface area contributed by atoms with Gasteiger partial charge in [-0.1, -0.05) is 0 Å². The second-order valence-electron chi connectivity index (χ2n) is 9.90. The molecule has 2 aliphatic heterocycles. The number of hydrogen-bond acceptors (Lipinski definition) is 5. The normalized spacial score (nSPS) is 13.5. The Hall–Kier alpha value is -4.26. The molecule has 0 N–H and O–H groups in total. The van der Waals surface area contributed by atoms with Crippen LogP contribution in [0.4, 0.5) is 0 Å². The number of aromatic nitrogens is 3. The van der Waals surface area contributed by atoms with Crippen molar-refractivity contribution in [2.75, 3.05) is 20.5 Å². The van der Waals surface area contributed by atoms with E-state index in [4.69, 9.17) is 18.9 Å². The molecule has 7 rings (SSSR count). The third-order valence-corrected chi connectivity index (χ3v) is 7.61. The summed E-state index contributed by atoms with van der Waals surface area (Å²) in [6.07, 6.45) is 10.3. The lowest BCUT2D eigenvalue weighted by molar-refractivity contribution is -0.686. The summed E-state index contributed by atoms with van der Waals surface area (Å²) in [6.45, 7) is 2.80. The highest BCUT2D eigenvalue weighted by Gasteiger charge is 2.28. The summed E-state index contributed by atoms with van der Waals surface area (Å²) in [5.41, 5.74) is 4.73. The minimum Gasteiger partial charge on any atom is -0.493 e. The number of benzene rings is 2. The average Bonchev–Trinajstić information content (AvgIpc) is 3.59. The minimum atomic E-state index is 0.289. The predicted molar refractivity (Wildman–Crippen MR) is 145 cm³/mol. The van der Waals surface area contributed by atoms with Gasteiger partial charge in [-0.25, -0.2) is 4.98 Å². The molecule has 0 radical (unpaired) electrons. The lowest BCUT2D eigenvalue weighted by atomic mass is 9.95. The first-order chi connectivity index (χ1) is 18.8. The fourth-order valence-electron chi connectivity index (χ4n) is 5.64. The van der Waals surface area contributed by atoms with Crippen molar-refractivity contribution < 1.29 is 23.5 Å². The van der Waals surface area contributed by atoms with E-state index in [0.717, 1.165) is 78.2 Å². The van der Waals surface area contributed by atoms with Gasteiger partial charge < -0.3 is 23.5 Å². The van der Waals surface area contributed by atoms with Crippen LogP contribution in [0, 0.1) is 0 Å². The van der Waals surface area contributed by atoms with Crippen molar-refractivity contribution >= 4 is 21.8 Å². The molecule has 0 amide bonds. The Balaban J connectivity index is 1.08. The van der Waals surface area contributed by atoms with Gasteiger partial charge in [-0.2, -0.15) is 4.57 Å². The van der Waals surface area contributed by atoms with E-state index in [-0.39, 0.29) is 6.79 Å². The number of ether oxygens (including phenoxy) is 4. The molecule has 0 bridgehead atoms. The molecule has 0 saturated carbocycles. The van der Waals surface area contributed by atoms with E-state index in [1.54, 1.807) is 7.11 Å². The Kier molecular flexibility index (Phi) is 5.76. The van der Waals surface area contributed by atoms with Crippen molar-refractivity contribution in [1.29, 1.82) is 0 Å². The van der Waals surface area contributed by atoms with Gasteiger partial charge in [-0.05, 0) is 72.7 Å². The van der Waals surface area contributed by atoms with Crippen LogP contribution in [-0.4, -0.2) is 30.1 Å². The van der Waals surface area contributed by atoms with Crippen LogP contribution in [0.5, 0.6) is 23.0 Å². The van der Waals surface area contributed by atoms with Gasteiger partial charge in [0.15, 0.2) is 35.7 Å². The largest absolute Gasteiger partial charge is 0.493 e. The van der Waals surface area contributed by atoms with Gasteiger partial charge in [0.2, 0.25) is 12.5 Å². The number of methoxy groups -OCH3 is 1. The Morgan fingerprint density at radius 3 is 2.84 bits per heavy atom. The minimum absolute atomic E-state index is 0.289. The monoisotopic (exact) mass is 508 g/mol. The molecule has 192 valence electrons. The topological polar surface area (TPSA) is 58.6 Å². The molecule has 0 saturated heterocycles. The van der Waals surface area contributed by atoms with Gasteiger partial charge in [0.25, 0.3) is 0 Å². The molecule has 3 aromatic heterocycles. The van der Waals surface area contributed by atoms with Crippen molar-refractivity contribution in [1.82, 2.24) is 9.55 Å². The van der Waals surface area contributed by atoms with Crippen LogP contribution in [-0.2, 0) is 19.5 Å². The maximum atomic E-state index is 6.38. The first kappa shape index (κ1) is 22.9. The summed E-state index contributed by atoms with van der Waals surface area (Å²) in [4.78, 5) is 4.51. The van der Waals surface area contributed by atoms with Crippen molar-refractivity contribution in [3.8, 4) is 34.3 Å². The number of pyridine rings is 2. The zero-order chi connectivity index (χ0) is 25.5. The predicted octanol–water partition coefficient (Wildman–Crippen LogP) is 5.69. The number of unbranched alkanes of at least 4 members (excludes halogenated alkanes) is 2. The molecule has 7 heteroatoms. The average molecular weight is 509 g/mol. The highest BCUT2D eigenvalue weighted by molar-refractivity contribution is 5.91. The van der Waals surface area contributed by atoms with Gasteiger partial charge in [0.05, 0.1) is 24.7 Å². The Labute approximate surface area is 221 Å². The molecule has 0 fully saturated rings. The van der Waals surface area contributed by atoms with E-state index in [1.165, 1.54) is 22.2 Å². The maximum Gasteiger partial charge on any atom is 0.231 e. The zero-order valence-electron chi connectivity index (χ0n) is 21.5. The van der Waals surface area contributed by atoms with Crippen LogP contribution < -0.4 is 23.5 Å². The number of nitrogens with zero attached hydrogens (tertiary/aromatic N) is 3. The second-order valence-corrected chi connectivity index (χ2v) is 9.90. The molecule has 5 heterocycles. The number of fused-ring (bicyclic) bond motifs is 6. The Morgan fingerprint density at radius 2 is 1.92 bits per heavy atom. The Morgan fingerprint density at radius 1 is 1.00 bits per heavy atom. The fourth-order valence-corrected chi connectivity index (χ4v) is 5.64. The van der Waals surface area contributed by atoms with Crippen LogP contribution >= 0.6 is 0 Å². The number of rotatable bonds is 8. The van der Waals surface area contributed by atoms with E-state index in [1.807, 2.05) is 18.3 Å². The molecule has 5 aromatic rings. The molecular formula is C31H30N3O4+.